The summed E-state index contributed by atoms with van der Waals surface area (Å²) in [4.78, 5) is 48.6. The van der Waals surface area contributed by atoms with Gasteiger partial charge in [-0.15, -0.1) is 0 Å². The van der Waals surface area contributed by atoms with Crippen molar-refractivity contribution in [1.82, 2.24) is 0 Å². The van der Waals surface area contributed by atoms with Crippen molar-refractivity contribution in [2.24, 2.45) is 0 Å². The van der Waals surface area contributed by atoms with Gasteiger partial charge in [-0.1, -0.05) is 207 Å². The Morgan fingerprint density at radius 3 is 1.11 bits per heavy atom. The highest BCUT2D eigenvalue weighted by atomic mass is 31.2. The highest BCUT2D eigenvalue weighted by Crippen LogP contribution is 2.43. The van der Waals surface area contributed by atoms with Crippen LogP contribution in [0.15, 0.2) is 109 Å². The van der Waals surface area contributed by atoms with Crippen molar-refractivity contribution < 1.29 is 52.2 Å². The second kappa shape index (κ2) is 57.3. The van der Waals surface area contributed by atoms with Crippen LogP contribution in [0.25, 0.3) is 0 Å². The molecule has 0 aliphatic carbocycles. The summed E-state index contributed by atoms with van der Waals surface area (Å²) in [6.07, 6.45) is 68.9. The number of hydrogen-bond donors (Lipinski definition) is 2. The van der Waals surface area contributed by atoms with E-state index < -0.39 is 57.8 Å². The topological polar surface area (TPSA) is 155 Å². The minimum atomic E-state index is -4.77. The van der Waals surface area contributed by atoms with E-state index in [1.807, 2.05) is 0 Å². The minimum Gasteiger partial charge on any atom is -0.462 e. The molecule has 2 N–H and O–H groups in total. The molecule has 0 aliphatic heterocycles. The van der Waals surface area contributed by atoms with Gasteiger partial charge in [0.2, 0.25) is 0 Å². The molecule has 0 aromatic carbocycles. The Balaban J connectivity index is 4.82. The number of carbonyl (C=O) groups excluding carboxylic acids is 3. The molecule has 0 fully saturated rings. The summed E-state index contributed by atoms with van der Waals surface area (Å²) in [5, 5.41) is 9.81. The molecule has 0 saturated heterocycles. The first-order valence-electron chi connectivity index (χ1n) is 29.8. The number of hydrogen-bond acceptors (Lipinski definition) is 10. The predicted octanol–water partition coefficient (Wildman–Crippen LogP) is 17.8. The van der Waals surface area contributed by atoms with Crippen LogP contribution >= 0.6 is 7.82 Å². The van der Waals surface area contributed by atoms with E-state index >= 15 is 0 Å². The summed E-state index contributed by atoms with van der Waals surface area (Å²) >= 11 is 0. The minimum absolute atomic E-state index is 0.141. The third kappa shape index (κ3) is 54.9. The number of rotatable bonds is 54. The molecule has 12 heteroatoms. The predicted molar refractivity (Wildman–Crippen MR) is 316 cm³/mol. The van der Waals surface area contributed by atoms with Crippen molar-refractivity contribution in [3.63, 3.8) is 0 Å². The molecule has 434 valence electrons. The molecule has 3 unspecified atom stereocenters. The number of allylic oxidation sites excluding steroid dienone is 18. The SMILES string of the molecule is CC/C=C\C/C=C\C/C=C\C/C=C\CCCCCCC(=O)OCC(COP(=O)(O)OCC(CO)OC(=O)CCCCCCC/C=C\C/C=C\CCC)OC(=O)CCCCCCCC/C=C\C/C=C\C/C=C\CCCCC. The van der Waals surface area contributed by atoms with E-state index in [2.05, 4.69) is 130 Å². The Morgan fingerprint density at radius 1 is 0.382 bits per heavy atom. The summed E-state index contributed by atoms with van der Waals surface area (Å²) in [6.45, 7) is 4.38. The molecule has 0 bridgehead atoms. The highest BCUT2D eigenvalue weighted by molar-refractivity contribution is 7.47. The smallest absolute Gasteiger partial charge is 0.462 e. The second-order valence-electron chi connectivity index (χ2n) is 19.4. The van der Waals surface area contributed by atoms with Gasteiger partial charge in [0.25, 0.3) is 0 Å². The molecule has 0 heterocycles. The fourth-order valence-corrected chi connectivity index (χ4v) is 8.41. The summed E-state index contributed by atoms with van der Waals surface area (Å²) in [7, 11) is -4.77. The molecule has 76 heavy (non-hydrogen) atoms. The van der Waals surface area contributed by atoms with Gasteiger partial charge < -0.3 is 24.2 Å². The van der Waals surface area contributed by atoms with E-state index in [4.69, 9.17) is 23.3 Å². The molecule has 0 aliphatic rings. The lowest BCUT2D eigenvalue weighted by molar-refractivity contribution is -0.161. The van der Waals surface area contributed by atoms with E-state index in [0.29, 0.717) is 19.3 Å². The van der Waals surface area contributed by atoms with Crippen LogP contribution in [0.1, 0.15) is 239 Å². The number of esters is 3. The summed E-state index contributed by atoms with van der Waals surface area (Å²) in [5.74, 6) is -1.53. The van der Waals surface area contributed by atoms with Gasteiger partial charge in [-0.2, -0.15) is 0 Å². The van der Waals surface area contributed by atoms with Crippen LogP contribution in [0.3, 0.4) is 0 Å². The average Bonchev–Trinajstić information content (AvgIpc) is 3.41. The fourth-order valence-electron chi connectivity index (χ4n) is 7.63. The highest BCUT2D eigenvalue weighted by Gasteiger charge is 2.28. The van der Waals surface area contributed by atoms with Gasteiger partial charge >= 0.3 is 25.7 Å². The number of carbonyl (C=O) groups is 3. The number of aliphatic hydroxyl groups is 1. The molecule has 0 saturated carbocycles. The Bertz CT molecular complexity index is 1690. The standard InChI is InChI=1S/C64H107O11P/c1-4-7-10-13-16-19-22-25-27-29-30-32-34-37-40-43-46-49-52-55-64(68)75-61(57-71-62(66)53-50-47-44-41-38-36-33-31-28-26-23-20-17-14-11-8-5-2)59-73-76(69,70)72-58-60(56-65)74-63(67)54-51-48-45-42-39-35-24-21-18-15-12-9-6-3/h8,11-12,15-17,19-21,24-28,30,32-33,36,60-61,65H,4-7,9-10,13-14,18,22-23,29,31,34-35,37-59H2,1-3H3,(H,69,70)/b11-8-,15-12-,19-16-,20-17-,24-21-,27-25-,28-26-,32-30-,36-33-. The van der Waals surface area contributed by atoms with Crippen LogP contribution in [0.4, 0.5) is 0 Å². The zero-order chi connectivity index (χ0) is 55.5. The van der Waals surface area contributed by atoms with Gasteiger partial charge in [-0.25, -0.2) is 4.57 Å². The Morgan fingerprint density at radius 2 is 0.711 bits per heavy atom. The van der Waals surface area contributed by atoms with Crippen LogP contribution in [0.5, 0.6) is 0 Å². The molecular weight excluding hydrogens is 976 g/mol. The third-order valence-corrected chi connectivity index (χ3v) is 13.1. The van der Waals surface area contributed by atoms with Crippen LogP contribution in [-0.2, 0) is 42.2 Å². The first kappa shape index (κ1) is 72.1. The molecule has 3 atom stereocenters. The second-order valence-corrected chi connectivity index (χ2v) is 20.9. The average molecular weight is 1080 g/mol. The first-order valence-corrected chi connectivity index (χ1v) is 31.3. The van der Waals surface area contributed by atoms with Crippen LogP contribution < -0.4 is 0 Å². The maximum Gasteiger partial charge on any atom is 0.472 e. The maximum atomic E-state index is 12.9. The molecule has 0 aromatic heterocycles. The van der Waals surface area contributed by atoms with E-state index in [1.165, 1.54) is 25.7 Å². The van der Waals surface area contributed by atoms with Gasteiger partial charge in [0.1, 0.15) is 12.7 Å². The quantitative estimate of drug-likeness (QED) is 0.0197. The fraction of sp³-hybridized carbons (Fsp3) is 0.672. The lowest BCUT2D eigenvalue weighted by Gasteiger charge is -2.21. The van der Waals surface area contributed by atoms with E-state index in [0.717, 1.165) is 154 Å². The van der Waals surface area contributed by atoms with Gasteiger partial charge in [-0.3, -0.25) is 23.4 Å². The van der Waals surface area contributed by atoms with Crippen LogP contribution in [-0.4, -0.2) is 66.5 Å². The van der Waals surface area contributed by atoms with Crippen molar-refractivity contribution in [1.29, 1.82) is 0 Å². The molecular formula is C64H107O11P. The Kier molecular flexibility index (Phi) is 54.4. The van der Waals surface area contributed by atoms with E-state index in [1.54, 1.807) is 0 Å². The van der Waals surface area contributed by atoms with Gasteiger partial charge in [0, 0.05) is 19.3 Å². The Labute approximate surface area is 463 Å². The monoisotopic (exact) mass is 1080 g/mol. The van der Waals surface area contributed by atoms with Crippen molar-refractivity contribution in [3.05, 3.63) is 109 Å². The van der Waals surface area contributed by atoms with Crippen LogP contribution in [0.2, 0.25) is 0 Å². The molecule has 0 spiro atoms. The molecule has 0 radical (unpaired) electrons. The first-order chi connectivity index (χ1) is 37.2. The summed E-state index contributed by atoms with van der Waals surface area (Å²) in [6, 6.07) is 0. The van der Waals surface area contributed by atoms with Gasteiger partial charge in [0.05, 0.1) is 19.8 Å². The van der Waals surface area contributed by atoms with E-state index in [-0.39, 0.29) is 25.9 Å². The largest absolute Gasteiger partial charge is 0.472 e. The Hall–Kier alpha value is -3.86. The summed E-state index contributed by atoms with van der Waals surface area (Å²) in [5.41, 5.74) is 0. The number of phosphoric acid groups is 1. The van der Waals surface area contributed by atoms with Crippen molar-refractivity contribution >= 4 is 25.7 Å². The van der Waals surface area contributed by atoms with Gasteiger partial charge in [0.15, 0.2) is 6.10 Å². The molecule has 0 aromatic rings. The number of phosphoric ester groups is 1. The summed E-state index contributed by atoms with van der Waals surface area (Å²) < 4.78 is 39.5. The number of ether oxygens (including phenoxy) is 3. The van der Waals surface area contributed by atoms with Gasteiger partial charge in [-0.05, 0) is 122 Å². The lowest BCUT2D eigenvalue weighted by atomic mass is 10.1. The van der Waals surface area contributed by atoms with Crippen LogP contribution in [0, 0.1) is 0 Å². The third-order valence-electron chi connectivity index (χ3n) is 12.1. The molecule has 11 nitrogen and oxygen atoms in total. The zero-order valence-electron chi connectivity index (χ0n) is 47.9. The van der Waals surface area contributed by atoms with E-state index in [9.17, 15) is 28.9 Å². The number of aliphatic hydroxyl groups excluding tert-OH is 1. The zero-order valence-corrected chi connectivity index (χ0v) is 48.8. The van der Waals surface area contributed by atoms with Crippen molar-refractivity contribution in [2.75, 3.05) is 26.4 Å². The molecule has 0 amide bonds. The number of unbranched alkanes of at least 4 members (excludes halogenated alkanes) is 19. The maximum absolute atomic E-state index is 12.9. The molecule has 0 rings (SSSR count). The lowest BCUT2D eigenvalue weighted by Crippen LogP contribution is -2.30. The van der Waals surface area contributed by atoms with Crippen molar-refractivity contribution in [3.8, 4) is 0 Å². The van der Waals surface area contributed by atoms with Crippen molar-refractivity contribution in [2.45, 2.75) is 251 Å². The normalized spacial score (nSPS) is 14.1.